The van der Waals surface area contributed by atoms with E-state index in [1.54, 1.807) is 0 Å². The van der Waals surface area contributed by atoms with E-state index in [-0.39, 0.29) is 5.60 Å². The lowest BCUT2D eigenvalue weighted by Crippen LogP contribution is -2.32. The predicted octanol–water partition coefficient (Wildman–Crippen LogP) is 2.19. The first-order valence-electron chi connectivity index (χ1n) is 4.60. The van der Waals surface area contributed by atoms with Crippen molar-refractivity contribution in [3.8, 4) is 0 Å². The summed E-state index contributed by atoms with van der Waals surface area (Å²) in [6.45, 7) is 4.12. The van der Waals surface area contributed by atoms with Gasteiger partial charge < -0.3 is 0 Å². The van der Waals surface area contributed by atoms with Crippen LogP contribution in [0.5, 0.6) is 0 Å². The molecule has 0 aromatic rings. The molecule has 3 heteroatoms. The number of nitrogens with two attached hydrogens (primary N) is 1. The molecule has 0 spiro atoms. The molecule has 1 aliphatic rings. The Morgan fingerprint density at radius 3 is 2.83 bits per heavy atom. The van der Waals surface area contributed by atoms with Crippen LogP contribution in [0, 0.1) is 5.92 Å². The van der Waals surface area contributed by atoms with E-state index in [4.69, 9.17) is 10.7 Å². The van der Waals surface area contributed by atoms with E-state index >= 15 is 0 Å². The summed E-state index contributed by atoms with van der Waals surface area (Å²) in [5.74, 6) is 8.64. The average Bonchev–Trinajstić information content (AvgIpc) is 2.06. The topological polar surface area (TPSA) is 35.2 Å². The van der Waals surface area contributed by atoms with Crippen molar-refractivity contribution in [3.05, 3.63) is 0 Å². The van der Waals surface area contributed by atoms with Crippen molar-refractivity contribution in [2.45, 2.75) is 38.7 Å². The first-order valence-corrected chi connectivity index (χ1v) is 5.75. The minimum absolute atomic E-state index is 0.136. The summed E-state index contributed by atoms with van der Waals surface area (Å²) in [7, 11) is 0. The smallest absolute Gasteiger partial charge is 0.0840 e. The van der Waals surface area contributed by atoms with Crippen LogP contribution < -0.4 is 5.90 Å². The van der Waals surface area contributed by atoms with Gasteiger partial charge in [0, 0.05) is 0 Å². The lowest BCUT2D eigenvalue weighted by atomic mass is 9.91. The maximum absolute atomic E-state index is 5.22. The summed E-state index contributed by atoms with van der Waals surface area (Å²) in [6, 6.07) is 0. The van der Waals surface area contributed by atoms with Crippen LogP contribution in [0.2, 0.25) is 0 Å². The van der Waals surface area contributed by atoms with Crippen LogP contribution in [-0.4, -0.2) is 17.1 Å². The third kappa shape index (κ3) is 3.33. The molecule has 12 heavy (non-hydrogen) atoms. The van der Waals surface area contributed by atoms with Crippen molar-refractivity contribution >= 4 is 11.8 Å². The average molecular weight is 189 g/mol. The molecule has 1 fully saturated rings. The quantitative estimate of drug-likeness (QED) is 0.691. The highest BCUT2D eigenvalue weighted by molar-refractivity contribution is 7.99. The Labute approximate surface area is 79.2 Å². The summed E-state index contributed by atoms with van der Waals surface area (Å²) in [5.41, 5.74) is -0.136. The molecular formula is C9H19NOS. The first-order chi connectivity index (χ1) is 5.64. The van der Waals surface area contributed by atoms with Gasteiger partial charge in [0.1, 0.15) is 0 Å². The Hall–Kier alpha value is 0.270. The van der Waals surface area contributed by atoms with Crippen LogP contribution in [0.25, 0.3) is 0 Å². The van der Waals surface area contributed by atoms with Crippen molar-refractivity contribution in [2.24, 2.45) is 11.8 Å². The molecule has 0 aliphatic carbocycles. The minimum Gasteiger partial charge on any atom is -0.299 e. The molecule has 0 radical (unpaired) electrons. The zero-order chi connectivity index (χ0) is 9.03. The third-order valence-corrected chi connectivity index (χ3v) is 3.64. The van der Waals surface area contributed by atoms with Crippen molar-refractivity contribution < 1.29 is 4.84 Å². The Morgan fingerprint density at radius 1 is 1.58 bits per heavy atom. The van der Waals surface area contributed by atoms with Crippen LogP contribution >= 0.6 is 11.8 Å². The van der Waals surface area contributed by atoms with E-state index in [1.807, 2.05) is 0 Å². The van der Waals surface area contributed by atoms with Crippen LogP contribution in [0.1, 0.15) is 33.1 Å². The fourth-order valence-corrected chi connectivity index (χ4v) is 2.87. The second-order valence-electron chi connectivity index (χ2n) is 4.16. The fraction of sp³-hybridized carbons (Fsp3) is 1.00. The Morgan fingerprint density at radius 2 is 2.33 bits per heavy atom. The van der Waals surface area contributed by atoms with Crippen molar-refractivity contribution in [3.63, 3.8) is 0 Å². The standard InChI is InChI=1S/C9H19NOS/c1-9(2,11-10)6-8-4-3-5-12-7-8/h8H,3-7,10H2,1-2H3. The summed E-state index contributed by atoms with van der Waals surface area (Å²) in [4.78, 5) is 4.93. The van der Waals surface area contributed by atoms with E-state index in [0.717, 1.165) is 12.3 Å². The highest BCUT2D eigenvalue weighted by atomic mass is 32.2. The number of rotatable bonds is 3. The predicted molar refractivity (Wildman–Crippen MR) is 54.0 cm³/mol. The lowest BCUT2D eigenvalue weighted by Gasteiger charge is -2.29. The maximum atomic E-state index is 5.22. The van der Waals surface area contributed by atoms with E-state index in [1.165, 1.54) is 24.3 Å². The second kappa shape index (κ2) is 4.49. The summed E-state index contributed by atoms with van der Waals surface area (Å²) < 4.78 is 0. The molecule has 1 rings (SSSR count). The van der Waals surface area contributed by atoms with E-state index in [0.29, 0.717) is 0 Å². The van der Waals surface area contributed by atoms with Gasteiger partial charge in [-0.15, -0.1) is 0 Å². The molecule has 0 aromatic heterocycles. The molecule has 1 aliphatic heterocycles. The Balaban J connectivity index is 2.28. The van der Waals surface area contributed by atoms with Gasteiger partial charge in [0.2, 0.25) is 0 Å². The Bertz CT molecular complexity index is 132. The largest absolute Gasteiger partial charge is 0.299 e. The highest BCUT2D eigenvalue weighted by Gasteiger charge is 2.24. The highest BCUT2D eigenvalue weighted by Crippen LogP contribution is 2.29. The normalized spacial score (nSPS) is 25.8. The Kier molecular flexibility index (Phi) is 3.87. The van der Waals surface area contributed by atoms with Crippen molar-refractivity contribution in [1.82, 2.24) is 0 Å². The molecule has 1 unspecified atom stereocenters. The molecule has 1 atom stereocenters. The van der Waals surface area contributed by atoms with Crippen LogP contribution in [0.15, 0.2) is 0 Å². The van der Waals surface area contributed by atoms with Crippen LogP contribution in [-0.2, 0) is 4.84 Å². The molecule has 2 nitrogen and oxygen atoms in total. The number of hydrogen-bond donors (Lipinski definition) is 1. The van der Waals surface area contributed by atoms with Gasteiger partial charge in [0.25, 0.3) is 0 Å². The van der Waals surface area contributed by atoms with E-state index in [2.05, 4.69) is 25.6 Å². The van der Waals surface area contributed by atoms with Gasteiger partial charge >= 0.3 is 0 Å². The molecule has 0 amide bonds. The van der Waals surface area contributed by atoms with Crippen molar-refractivity contribution in [2.75, 3.05) is 11.5 Å². The first kappa shape index (κ1) is 10.4. The summed E-state index contributed by atoms with van der Waals surface area (Å²) in [5, 5.41) is 0. The molecular weight excluding hydrogens is 170 g/mol. The van der Waals surface area contributed by atoms with E-state index < -0.39 is 0 Å². The van der Waals surface area contributed by atoms with Crippen LogP contribution in [0.4, 0.5) is 0 Å². The van der Waals surface area contributed by atoms with Gasteiger partial charge in [-0.25, -0.2) is 5.90 Å². The van der Waals surface area contributed by atoms with Gasteiger partial charge in [-0.3, -0.25) is 4.84 Å². The number of hydrogen-bond acceptors (Lipinski definition) is 3. The second-order valence-corrected chi connectivity index (χ2v) is 5.31. The zero-order valence-corrected chi connectivity index (χ0v) is 8.82. The van der Waals surface area contributed by atoms with Gasteiger partial charge in [-0.2, -0.15) is 11.8 Å². The lowest BCUT2D eigenvalue weighted by molar-refractivity contribution is -0.0351. The molecule has 1 heterocycles. The molecule has 0 bridgehead atoms. The molecule has 0 saturated carbocycles. The molecule has 2 N–H and O–H groups in total. The monoisotopic (exact) mass is 189 g/mol. The summed E-state index contributed by atoms with van der Waals surface area (Å²) >= 11 is 2.06. The van der Waals surface area contributed by atoms with Gasteiger partial charge in [-0.1, -0.05) is 0 Å². The van der Waals surface area contributed by atoms with E-state index in [9.17, 15) is 0 Å². The van der Waals surface area contributed by atoms with Gasteiger partial charge in [0.15, 0.2) is 0 Å². The van der Waals surface area contributed by atoms with Gasteiger partial charge in [0.05, 0.1) is 5.60 Å². The van der Waals surface area contributed by atoms with Crippen LogP contribution in [0.3, 0.4) is 0 Å². The molecule has 1 saturated heterocycles. The zero-order valence-electron chi connectivity index (χ0n) is 8.01. The molecule has 0 aromatic carbocycles. The fourth-order valence-electron chi connectivity index (χ4n) is 1.71. The minimum atomic E-state index is -0.136. The summed E-state index contributed by atoms with van der Waals surface area (Å²) in [6.07, 6.45) is 3.80. The maximum Gasteiger partial charge on any atom is 0.0840 e. The SMILES string of the molecule is CC(C)(CC1CCCSC1)ON. The van der Waals surface area contributed by atoms with Crippen molar-refractivity contribution in [1.29, 1.82) is 0 Å². The van der Waals surface area contributed by atoms with Gasteiger partial charge in [-0.05, 0) is 50.5 Å². The number of thioether (sulfide) groups is 1. The molecule has 72 valence electrons. The third-order valence-electron chi connectivity index (χ3n) is 2.35.